The van der Waals surface area contributed by atoms with Crippen LogP contribution in [0.25, 0.3) is 27.6 Å². The first-order valence-corrected chi connectivity index (χ1v) is 17.8. The molecule has 3 heterocycles. The molecule has 6 aromatic carbocycles. The van der Waals surface area contributed by atoms with Gasteiger partial charge in [-0.15, -0.1) is 38.8 Å². The Labute approximate surface area is 325 Å². The molecule has 1 N–H and O–H groups in total. The Hall–Kier alpha value is -5.48. The second-order valence-corrected chi connectivity index (χ2v) is 14.5. The molecule has 6 heteroatoms. The van der Waals surface area contributed by atoms with E-state index in [-0.39, 0.29) is 26.6 Å². The zero-order valence-corrected chi connectivity index (χ0v) is 32.3. The molecular formula is C47H39N4OPt-. The van der Waals surface area contributed by atoms with Crippen LogP contribution in [0.2, 0.25) is 0 Å². The minimum atomic E-state index is -0.781. The summed E-state index contributed by atoms with van der Waals surface area (Å²) in [5.74, 6) is 0.871. The molecule has 0 bridgehead atoms. The fourth-order valence-corrected chi connectivity index (χ4v) is 7.78. The van der Waals surface area contributed by atoms with Crippen LogP contribution in [-0.2, 0) is 26.5 Å². The first kappa shape index (κ1) is 34.6. The number of para-hydroxylation sites is 3. The number of rotatable bonds is 6. The standard InChI is InChI=1S/C47H38N4O.Pt/c1-33-28-29-48-45(30-33)49-41-23-12-11-22-39(41)40-27-26-37(32-44(40)49)47(34-16-7-5-8-17-34,35-18-9-6-10-19-35)36-20-15-21-38(31-36)50-42-24-13-14-25-43(42)51(52-50)46(2,3)4;/h5-30H,1-4H3;/q-2;/p+1. The van der Waals surface area contributed by atoms with Crippen molar-refractivity contribution in [1.29, 1.82) is 0 Å². The number of benzene rings is 6. The van der Waals surface area contributed by atoms with E-state index in [1.165, 1.54) is 5.39 Å². The van der Waals surface area contributed by atoms with Crippen LogP contribution in [0.4, 0.5) is 17.1 Å². The minimum absolute atomic E-state index is 0. The third-order valence-electron chi connectivity index (χ3n) is 10.1. The molecule has 0 atom stereocenters. The van der Waals surface area contributed by atoms with Gasteiger partial charge in [0, 0.05) is 43.9 Å². The van der Waals surface area contributed by atoms with Gasteiger partial charge < -0.3 is 4.57 Å². The monoisotopic (exact) mass is 870 g/mol. The van der Waals surface area contributed by atoms with Crippen LogP contribution in [0.15, 0.2) is 158 Å². The van der Waals surface area contributed by atoms with Gasteiger partial charge in [0.1, 0.15) is 22.7 Å². The number of aryl methyl sites for hydroxylation is 1. The van der Waals surface area contributed by atoms with Gasteiger partial charge in [0.25, 0.3) is 0 Å². The predicted octanol–water partition coefficient (Wildman–Crippen LogP) is 11.1. The molecule has 9 rings (SSSR count). The average Bonchev–Trinajstić information content (AvgIpc) is 3.73. The second kappa shape index (κ2) is 13.5. The van der Waals surface area contributed by atoms with E-state index in [0.29, 0.717) is 0 Å². The van der Waals surface area contributed by atoms with E-state index in [2.05, 4.69) is 195 Å². The zero-order chi connectivity index (χ0) is 35.5. The maximum absolute atomic E-state index is 5.17. The van der Waals surface area contributed by atoms with E-state index in [4.69, 9.17) is 9.92 Å². The normalized spacial score (nSPS) is 13.0. The Bertz CT molecular complexity index is 2540. The molecule has 1 aliphatic rings. The van der Waals surface area contributed by atoms with Crippen LogP contribution in [-0.4, -0.2) is 20.0 Å². The molecule has 264 valence electrons. The molecule has 8 aromatic rings. The van der Waals surface area contributed by atoms with E-state index in [0.717, 1.165) is 67.1 Å². The van der Waals surface area contributed by atoms with Crippen LogP contribution < -0.4 is 10.1 Å². The SMILES string of the molecule is Cc1ccnc(-n2c3[c-]c(C(c4[c-]c(N5[OH+]N(C(C)(C)C)c6ccccc65)ccc4)(c4ccccc4)c4ccccc4)ccc3c3ccccc32)c1.[Pt]. The molecule has 0 amide bonds. The first-order chi connectivity index (χ1) is 25.3. The van der Waals surface area contributed by atoms with E-state index < -0.39 is 5.41 Å². The van der Waals surface area contributed by atoms with Crippen molar-refractivity contribution < 1.29 is 26.0 Å². The van der Waals surface area contributed by atoms with Gasteiger partial charge in [-0.25, -0.2) is 4.98 Å². The topological polar surface area (TPSA) is 37.1 Å². The van der Waals surface area contributed by atoms with Crippen LogP contribution in [0.1, 0.15) is 48.6 Å². The minimum Gasteiger partial charge on any atom is -0.319 e. The van der Waals surface area contributed by atoms with Gasteiger partial charge in [0.2, 0.25) is 0 Å². The van der Waals surface area contributed by atoms with Crippen LogP contribution in [0.5, 0.6) is 0 Å². The summed E-state index contributed by atoms with van der Waals surface area (Å²) in [5.41, 5.74) is 9.46. The molecular weight excluding hydrogens is 832 g/mol. The van der Waals surface area contributed by atoms with Crippen LogP contribution >= 0.6 is 0 Å². The first-order valence-electron chi connectivity index (χ1n) is 17.8. The van der Waals surface area contributed by atoms with Gasteiger partial charge in [0.05, 0.1) is 0 Å². The summed E-state index contributed by atoms with van der Waals surface area (Å²) in [4.78, 5) is 10.0. The van der Waals surface area contributed by atoms with Crippen molar-refractivity contribution in [2.75, 3.05) is 10.1 Å². The van der Waals surface area contributed by atoms with Crippen molar-refractivity contribution in [3.05, 3.63) is 198 Å². The van der Waals surface area contributed by atoms with Gasteiger partial charge in [-0.05, 0) is 80.1 Å². The molecule has 5 nitrogen and oxygen atoms in total. The summed E-state index contributed by atoms with van der Waals surface area (Å²) in [7, 11) is 0. The maximum Gasteiger partial charge on any atom is 0.145 e. The number of fused-ring (bicyclic) bond motifs is 4. The molecule has 0 saturated heterocycles. The average molecular weight is 871 g/mol. The number of hydrogen-bond acceptors (Lipinski definition) is 3. The molecule has 53 heavy (non-hydrogen) atoms. The van der Waals surface area contributed by atoms with Gasteiger partial charge in [-0.2, -0.15) is 35.3 Å². The fourth-order valence-electron chi connectivity index (χ4n) is 7.78. The molecule has 0 fully saturated rings. The van der Waals surface area contributed by atoms with E-state index >= 15 is 0 Å². The van der Waals surface area contributed by atoms with Crippen molar-refractivity contribution in [2.24, 2.45) is 0 Å². The summed E-state index contributed by atoms with van der Waals surface area (Å²) in [5, 5.41) is 6.42. The summed E-state index contributed by atoms with van der Waals surface area (Å²) in [6.45, 7) is 8.66. The molecule has 0 saturated carbocycles. The van der Waals surface area contributed by atoms with Crippen LogP contribution in [0.3, 0.4) is 0 Å². The predicted molar refractivity (Wildman–Crippen MR) is 212 cm³/mol. The van der Waals surface area contributed by atoms with Crippen LogP contribution in [0, 0.1) is 19.1 Å². The Morgan fingerprint density at radius 3 is 1.94 bits per heavy atom. The third-order valence-corrected chi connectivity index (χ3v) is 10.1. The number of hydrogen-bond donors (Lipinski definition) is 0. The molecule has 0 radical (unpaired) electrons. The molecule has 0 unspecified atom stereocenters. The van der Waals surface area contributed by atoms with Gasteiger partial charge in [-0.3, -0.25) is 0 Å². The number of hydroxylamine groups is 1. The van der Waals surface area contributed by atoms with Gasteiger partial charge in [-0.1, -0.05) is 96.5 Å². The van der Waals surface area contributed by atoms with Gasteiger partial charge >= 0.3 is 0 Å². The number of nitrogens with zero attached hydrogens (tertiary/aromatic N) is 4. The summed E-state index contributed by atoms with van der Waals surface area (Å²) in [6, 6.07) is 61.6. The maximum atomic E-state index is 5.17. The third kappa shape index (κ3) is 5.67. The second-order valence-electron chi connectivity index (χ2n) is 14.5. The number of aromatic nitrogens is 2. The number of pyridine rings is 1. The van der Waals surface area contributed by atoms with Crippen molar-refractivity contribution in [3.63, 3.8) is 0 Å². The Balaban J connectivity index is 0.00000400. The summed E-state index contributed by atoms with van der Waals surface area (Å²) >= 11 is 0. The quantitative estimate of drug-likeness (QED) is 0.0949. The fraction of sp³-hybridized carbons (Fsp3) is 0.128. The summed E-state index contributed by atoms with van der Waals surface area (Å²) in [6.07, 6.45) is 1.89. The molecule has 0 aliphatic carbocycles. The Morgan fingerprint density at radius 2 is 1.25 bits per heavy atom. The summed E-state index contributed by atoms with van der Waals surface area (Å²) < 4.78 is 2.25. The van der Waals surface area contributed by atoms with E-state index in [1.54, 1.807) is 0 Å². The van der Waals surface area contributed by atoms with E-state index in [1.807, 2.05) is 17.3 Å². The van der Waals surface area contributed by atoms with Crippen molar-refractivity contribution in [2.45, 2.75) is 38.6 Å². The Kier molecular flexibility index (Phi) is 8.81. The zero-order valence-electron chi connectivity index (χ0n) is 30.1. The van der Waals surface area contributed by atoms with Crippen molar-refractivity contribution in [3.8, 4) is 5.82 Å². The number of anilines is 3. The van der Waals surface area contributed by atoms with Crippen molar-refractivity contribution in [1.82, 2.24) is 9.55 Å². The Morgan fingerprint density at radius 1 is 0.604 bits per heavy atom. The largest absolute Gasteiger partial charge is 0.319 e. The smallest absolute Gasteiger partial charge is 0.145 e. The van der Waals surface area contributed by atoms with Gasteiger partial charge in [0.15, 0.2) is 0 Å². The molecule has 2 aromatic heterocycles. The van der Waals surface area contributed by atoms with E-state index in [9.17, 15) is 0 Å². The molecule has 0 spiro atoms. The molecule has 1 aliphatic heterocycles. The van der Waals surface area contributed by atoms with Crippen molar-refractivity contribution >= 4 is 38.9 Å².